The normalized spacial score (nSPS) is 24.1. The molecule has 2 atom stereocenters. The fourth-order valence-electron chi connectivity index (χ4n) is 4.27. The van der Waals surface area contributed by atoms with E-state index in [1.165, 1.54) is 6.42 Å². The number of carbonyl (C=O) groups is 1. The SMILES string of the molecule is CN=C(NCCN1CCN(C(=O)OC(C)(C)C)CC1)NCC1CCCOC1C(C)(C)C. The van der Waals surface area contributed by atoms with E-state index >= 15 is 0 Å². The molecule has 2 aliphatic rings. The van der Waals surface area contributed by atoms with E-state index in [4.69, 9.17) is 9.47 Å². The lowest BCUT2D eigenvalue weighted by Gasteiger charge is -2.40. The first-order chi connectivity index (χ1) is 14.5. The Bertz CT molecular complexity index is 589. The van der Waals surface area contributed by atoms with Crippen LogP contribution in [0.25, 0.3) is 0 Å². The highest BCUT2D eigenvalue weighted by Gasteiger charge is 2.35. The molecule has 0 aromatic carbocycles. The second-order valence-corrected chi connectivity index (χ2v) is 10.7. The summed E-state index contributed by atoms with van der Waals surface area (Å²) in [6.45, 7) is 19.1. The molecular weight excluding hydrogens is 394 g/mol. The molecular formula is C23H45N5O3. The molecule has 2 aliphatic heterocycles. The van der Waals surface area contributed by atoms with Crippen LogP contribution in [0, 0.1) is 11.3 Å². The van der Waals surface area contributed by atoms with Crippen molar-refractivity contribution in [3.05, 3.63) is 0 Å². The largest absolute Gasteiger partial charge is 0.444 e. The van der Waals surface area contributed by atoms with Gasteiger partial charge in [-0.25, -0.2) is 4.79 Å². The van der Waals surface area contributed by atoms with Gasteiger partial charge in [-0.3, -0.25) is 9.89 Å². The third kappa shape index (κ3) is 8.85. The molecule has 8 heteroatoms. The molecule has 0 aromatic heterocycles. The Balaban J connectivity index is 1.68. The third-order valence-corrected chi connectivity index (χ3v) is 5.80. The molecule has 2 N–H and O–H groups in total. The van der Waals surface area contributed by atoms with E-state index in [9.17, 15) is 4.79 Å². The van der Waals surface area contributed by atoms with Crippen LogP contribution in [-0.2, 0) is 9.47 Å². The molecule has 0 spiro atoms. The van der Waals surface area contributed by atoms with E-state index in [0.717, 1.165) is 51.7 Å². The maximum absolute atomic E-state index is 12.2. The standard InChI is InChI=1S/C23H45N5O3/c1-22(2,3)19-18(9-8-16-30-19)17-26-20(24-7)25-10-11-27-12-14-28(15-13-27)21(29)31-23(4,5)6/h18-19H,8-17H2,1-7H3,(H2,24,25,26). The maximum Gasteiger partial charge on any atom is 0.410 e. The van der Waals surface area contributed by atoms with Gasteiger partial charge in [-0.15, -0.1) is 0 Å². The Morgan fingerprint density at radius 3 is 2.35 bits per heavy atom. The molecule has 2 saturated heterocycles. The first-order valence-corrected chi connectivity index (χ1v) is 11.8. The lowest BCUT2D eigenvalue weighted by Crippen LogP contribution is -2.52. The number of nitrogens with zero attached hydrogens (tertiary/aromatic N) is 3. The number of rotatable bonds is 5. The number of nitrogens with one attached hydrogen (secondary N) is 2. The van der Waals surface area contributed by atoms with Crippen molar-refractivity contribution >= 4 is 12.1 Å². The lowest BCUT2D eigenvalue weighted by molar-refractivity contribution is -0.0835. The van der Waals surface area contributed by atoms with E-state index in [-0.39, 0.29) is 17.6 Å². The molecule has 8 nitrogen and oxygen atoms in total. The highest BCUT2D eigenvalue weighted by Crippen LogP contribution is 2.33. The monoisotopic (exact) mass is 439 g/mol. The van der Waals surface area contributed by atoms with Gasteiger partial charge >= 0.3 is 6.09 Å². The van der Waals surface area contributed by atoms with E-state index in [0.29, 0.717) is 19.0 Å². The Morgan fingerprint density at radius 1 is 1.10 bits per heavy atom. The summed E-state index contributed by atoms with van der Waals surface area (Å²) in [7, 11) is 1.81. The van der Waals surface area contributed by atoms with Crippen LogP contribution in [0.4, 0.5) is 4.79 Å². The molecule has 0 radical (unpaired) electrons. The van der Waals surface area contributed by atoms with Gasteiger partial charge in [0.1, 0.15) is 5.60 Å². The fourth-order valence-corrected chi connectivity index (χ4v) is 4.27. The highest BCUT2D eigenvalue weighted by molar-refractivity contribution is 5.79. The van der Waals surface area contributed by atoms with Crippen molar-refractivity contribution in [1.29, 1.82) is 0 Å². The number of aliphatic imine (C=N–C) groups is 1. The number of hydrogen-bond acceptors (Lipinski definition) is 5. The Morgan fingerprint density at radius 2 is 1.77 bits per heavy atom. The number of hydrogen-bond donors (Lipinski definition) is 2. The van der Waals surface area contributed by atoms with Gasteiger partial charge < -0.3 is 25.0 Å². The summed E-state index contributed by atoms with van der Waals surface area (Å²) in [6, 6.07) is 0. The molecule has 2 fully saturated rings. The third-order valence-electron chi connectivity index (χ3n) is 5.80. The second kappa shape index (κ2) is 11.4. The van der Waals surface area contributed by atoms with Crippen LogP contribution >= 0.6 is 0 Å². The van der Waals surface area contributed by atoms with Crippen LogP contribution in [0.2, 0.25) is 0 Å². The van der Waals surface area contributed by atoms with Gasteiger partial charge in [0.2, 0.25) is 0 Å². The van der Waals surface area contributed by atoms with Gasteiger partial charge in [0.15, 0.2) is 5.96 Å². The van der Waals surface area contributed by atoms with Gasteiger partial charge in [0.05, 0.1) is 6.10 Å². The topological polar surface area (TPSA) is 78.4 Å². The molecule has 0 aromatic rings. The van der Waals surface area contributed by atoms with Gasteiger partial charge in [-0.2, -0.15) is 0 Å². The van der Waals surface area contributed by atoms with E-state index < -0.39 is 5.60 Å². The minimum absolute atomic E-state index is 0.144. The lowest BCUT2D eigenvalue weighted by atomic mass is 9.78. The summed E-state index contributed by atoms with van der Waals surface area (Å²) < 4.78 is 11.6. The zero-order valence-corrected chi connectivity index (χ0v) is 20.8. The molecule has 180 valence electrons. The number of guanidine groups is 1. The molecule has 0 saturated carbocycles. The Kier molecular flexibility index (Phi) is 9.43. The number of piperazine rings is 1. The summed E-state index contributed by atoms with van der Waals surface area (Å²) in [5, 5.41) is 6.92. The second-order valence-electron chi connectivity index (χ2n) is 10.7. The van der Waals surface area contributed by atoms with Crippen LogP contribution in [0.1, 0.15) is 54.4 Å². The quantitative estimate of drug-likeness (QED) is 0.506. The molecule has 2 rings (SSSR count). The summed E-state index contributed by atoms with van der Waals surface area (Å²) in [4.78, 5) is 20.7. The molecule has 2 unspecified atom stereocenters. The van der Waals surface area contributed by atoms with Crippen molar-refractivity contribution < 1.29 is 14.3 Å². The van der Waals surface area contributed by atoms with Crippen molar-refractivity contribution in [2.24, 2.45) is 16.3 Å². The van der Waals surface area contributed by atoms with Crippen LogP contribution < -0.4 is 10.6 Å². The number of carbonyl (C=O) groups excluding carboxylic acids is 1. The van der Waals surface area contributed by atoms with Gasteiger partial charge in [-0.1, -0.05) is 20.8 Å². The van der Waals surface area contributed by atoms with E-state index in [1.807, 2.05) is 27.8 Å². The minimum atomic E-state index is -0.447. The molecule has 31 heavy (non-hydrogen) atoms. The Hall–Kier alpha value is -1.54. The van der Waals surface area contributed by atoms with Crippen molar-refractivity contribution in [2.45, 2.75) is 66.1 Å². The van der Waals surface area contributed by atoms with Gasteiger partial charge in [0.25, 0.3) is 0 Å². The summed E-state index contributed by atoms with van der Waals surface area (Å²) in [5.41, 5.74) is -0.303. The smallest absolute Gasteiger partial charge is 0.410 e. The average molecular weight is 440 g/mol. The maximum atomic E-state index is 12.2. The van der Waals surface area contributed by atoms with Crippen LogP contribution in [0.15, 0.2) is 4.99 Å². The first-order valence-electron chi connectivity index (χ1n) is 11.8. The fraction of sp³-hybridized carbons (Fsp3) is 0.913. The minimum Gasteiger partial charge on any atom is -0.444 e. The van der Waals surface area contributed by atoms with Crippen molar-refractivity contribution in [3.63, 3.8) is 0 Å². The molecule has 2 heterocycles. The average Bonchev–Trinajstić information content (AvgIpc) is 2.69. The number of amides is 1. The van der Waals surface area contributed by atoms with Crippen LogP contribution in [0.5, 0.6) is 0 Å². The first kappa shape index (κ1) is 25.7. The summed E-state index contributed by atoms with van der Waals surface area (Å²) in [6.07, 6.45) is 2.37. The summed E-state index contributed by atoms with van der Waals surface area (Å²) in [5.74, 6) is 1.33. The van der Waals surface area contributed by atoms with Crippen LogP contribution in [-0.4, -0.2) is 93.0 Å². The highest BCUT2D eigenvalue weighted by atomic mass is 16.6. The van der Waals surface area contributed by atoms with E-state index in [2.05, 4.69) is 41.3 Å². The summed E-state index contributed by atoms with van der Waals surface area (Å²) >= 11 is 0. The zero-order chi connectivity index (χ0) is 23.1. The van der Waals surface area contributed by atoms with Crippen molar-refractivity contribution in [2.75, 3.05) is 59.5 Å². The Labute approximate surface area is 189 Å². The van der Waals surface area contributed by atoms with Crippen molar-refractivity contribution in [1.82, 2.24) is 20.4 Å². The predicted molar refractivity (Wildman–Crippen MR) is 126 cm³/mol. The molecule has 1 amide bonds. The zero-order valence-electron chi connectivity index (χ0n) is 20.8. The predicted octanol–water partition coefficient (Wildman–Crippen LogP) is 2.55. The van der Waals surface area contributed by atoms with Crippen molar-refractivity contribution in [3.8, 4) is 0 Å². The van der Waals surface area contributed by atoms with E-state index in [1.54, 1.807) is 4.90 Å². The molecule has 0 bridgehead atoms. The molecule has 0 aliphatic carbocycles. The van der Waals surface area contributed by atoms with Gasteiger partial charge in [0, 0.05) is 65.4 Å². The van der Waals surface area contributed by atoms with Crippen LogP contribution in [0.3, 0.4) is 0 Å². The van der Waals surface area contributed by atoms with Gasteiger partial charge in [-0.05, 0) is 39.0 Å². The number of ether oxygens (including phenoxy) is 2.